The summed E-state index contributed by atoms with van der Waals surface area (Å²) in [5.74, 6) is -0.300. The SMILES string of the molecule is CCOC(=O)c1c(N)sc2c1CC(C)(C)NC2(C)C. The molecular formula is C14H22N2O2S. The van der Waals surface area contributed by atoms with Gasteiger partial charge in [-0.3, -0.25) is 0 Å². The summed E-state index contributed by atoms with van der Waals surface area (Å²) in [5.41, 5.74) is 7.43. The van der Waals surface area contributed by atoms with E-state index in [0.29, 0.717) is 17.2 Å². The van der Waals surface area contributed by atoms with Crippen molar-refractivity contribution in [2.45, 2.75) is 52.1 Å². The average molecular weight is 282 g/mol. The first-order valence-electron chi connectivity index (χ1n) is 6.56. The Morgan fingerprint density at radius 2 is 2.05 bits per heavy atom. The molecule has 2 heterocycles. The molecule has 0 saturated carbocycles. The van der Waals surface area contributed by atoms with E-state index in [0.717, 1.165) is 16.9 Å². The fraction of sp³-hybridized carbons (Fsp3) is 0.643. The number of carbonyl (C=O) groups excluding carboxylic acids is 1. The second-order valence-corrected chi connectivity index (χ2v) is 7.23. The molecule has 3 N–H and O–H groups in total. The summed E-state index contributed by atoms with van der Waals surface area (Å²) in [6, 6.07) is 0. The molecule has 0 radical (unpaired) electrons. The fourth-order valence-electron chi connectivity index (χ4n) is 2.97. The van der Waals surface area contributed by atoms with Gasteiger partial charge < -0.3 is 15.8 Å². The van der Waals surface area contributed by atoms with E-state index >= 15 is 0 Å². The van der Waals surface area contributed by atoms with Crippen LogP contribution in [0.4, 0.5) is 5.00 Å². The van der Waals surface area contributed by atoms with E-state index in [9.17, 15) is 4.79 Å². The van der Waals surface area contributed by atoms with Crippen LogP contribution in [-0.2, 0) is 16.7 Å². The highest BCUT2D eigenvalue weighted by atomic mass is 32.1. The minimum atomic E-state index is -0.300. The van der Waals surface area contributed by atoms with Crippen LogP contribution in [0.3, 0.4) is 0 Å². The minimum Gasteiger partial charge on any atom is -0.462 e. The quantitative estimate of drug-likeness (QED) is 0.819. The van der Waals surface area contributed by atoms with Gasteiger partial charge in [0.25, 0.3) is 0 Å². The summed E-state index contributed by atoms with van der Waals surface area (Å²) in [4.78, 5) is 13.3. The fourth-order valence-corrected chi connectivity index (χ4v) is 4.11. The Bertz CT molecular complexity index is 518. The molecule has 0 bridgehead atoms. The first-order chi connectivity index (χ1) is 8.68. The van der Waals surface area contributed by atoms with E-state index in [2.05, 4.69) is 33.0 Å². The molecule has 0 aromatic carbocycles. The zero-order valence-corrected chi connectivity index (χ0v) is 13.0. The molecule has 1 aromatic heterocycles. The van der Waals surface area contributed by atoms with Crippen molar-refractivity contribution in [1.82, 2.24) is 5.32 Å². The summed E-state index contributed by atoms with van der Waals surface area (Å²) in [6.45, 7) is 10.7. The van der Waals surface area contributed by atoms with E-state index in [-0.39, 0.29) is 17.0 Å². The summed E-state index contributed by atoms with van der Waals surface area (Å²) in [7, 11) is 0. The van der Waals surface area contributed by atoms with Gasteiger partial charge in [0.15, 0.2) is 0 Å². The van der Waals surface area contributed by atoms with Crippen molar-refractivity contribution in [3.8, 4) is 0 Å². The van der Waals surface area contributed by atoms with Crippen LogP contribution in [-0.4, -0.2) is 18.1 Å². The molecule has 0 spiro atoms. The van der Waals surface area contributed by atoms with Crippen molar-refractivity contribution in [1.29, 1.82) is 0 Å². The van der Waals surface area contributed by atoms with Gasteiger partial charge in [-0.1, -0.05) is 0 Å². The molecule has 1 aliphatic heterocycles. The molecule has 0 atom stereocenters. The zero-order chi connectivity index (χ0) is 14.4. The number of nitrogens with one attached hydrogen (secondary N) is 1. The van der Waals surface area contributed by atoms with Gasteiger partial charge in [-0.25, -0.2) is 4.79 Å². The molecule has 1 aromatic rings. The number of hydrogen-bond acceptors (Lipinski definition) is 5. The van der Waals surface area contributed by atoms with Crippen LogP contribution < -0.4 is 11.1 Å². The molecule has 4 nitrogen and oxygen atoms in total. The molecule has 1 aliphatic rings. The van der Waals surface area contributed by atoms with E-state index in [1.165, 1.54) is 11.3 Å². The maximum absolute atomic E-state index is 12.1. The molecule has 0 saturated heterocycles. The van der Waals surface area contributed by atoms with Gasteiger partial charge in [-0.2, -0.15) is 0 Å². The molecule has 0 aliphatic carbocycles. The van der Waals surface area contributed by atoms with Crippen molar-refractivity contribution in [2.75, 3.05) is 12.3 Å². The van der Waals surface area contributed by atoms with Gasteiger partial charge in [0, 0.05) is 16.0 Å². The van der Waals surface area contributed by atoms with Gasteiger partial charge in [0.2, 0.25) is 0 Å². The number of carbonyl (C=O) groups is 1. The molecule has 0 unspecified atom stereocenters. The topological polar surface area (TPSA) is 64.3 Å². The predicted octanol–water partition coefficient (Wildman–Crippen LogP) is 2.67. The Kier molecular flexibility index (Phi) is 3.39. The lowest BCUT2D eigenvalue weighted by Gasteiger charge is -2.42. The minimum absolute atomic E-state index is 0.0642. The van der Waals surface area contributed by atoms with Crippen molar-refractivity contribution in [2.24, 2.45) is 0 Å². The summed E-state index contributed by atoms with van der Waals surface area (Å²) >= 11 is 1.49. The van der Waals surface area contributed by atoms with Gasteiger partial charge in [-0.05, 0) is 46.6 Å². The van der Waals surface area contributed by atoms with Gasteiger partial charge >= 0.3 is 5.97 Å². The molecule has 0 fully saturated rings. The number of ether oxygens (including phenoxy) is 1. The number of esters is 1. The maximum Gasteiger partial charge on any atom is 0.341 e. The summed E-state index contributed by atoms with van der Waals surface area (Å²) in [5, 5.41) is 4.17. The van der Waals surface area contributed by atoms with Crippen molar-refractivity contribution >= 4 is 22.3 Å². The van der Waals surface area contributed by atoms with E-state index in [1.807, 2.05) is 6.92 Å². The van der Waals surface area contributed by atoms with Gasteiger partial charge in [-0.15, -0.1) is 11.3 Å². The summed E-state index contributed by atoms with van der Waals surface area (Å²) < 4.78 is 5.14. The molecule has 5 heteroatoms. The van der Waals surface area contributed by atoms with Crippen molar-refractivity contribution in [3.63, 3.8) is 0 Å². The second-order valence-electron chi connectivity index (χ2n) is 6.18. The van der Waals surface area contributed by atoms with Crippen LogP contribution in [0.15, 0.2) is 0 Å². The Morgan fingerprint density at radius 3 is 2.63 bits per heavy atom. The summed E-state index contributed by atoms with van der Waals surface area (Å²) in [6.07, 6.45) is 0.785. The van der Waals surface area contributed by atoms with Crippen LogP contribution >= 0.6 is 11.3 Å². The van der Waals surface area contributed by atoms with E-state index in [4.69, 9.17) is 10.5 Å². The highest BCUT2D eigenvalue weighted by Gasteiger charge is 2.41. The van der Waals surface area contributed by atoms with Crippen LogP contribution in [0.25, 0.3) is 0 Å². The molecule has 106 valence electrons. The Hall–Kier alpha value is -1.07. The maximum atomic E-state index is 12.1. The number of nitrogens with two attached hydrogens (primary N) is 1. The lowest BCUT2D eigenvalue weighted by Crippen LogP contribution is -2.55. The standard InChI is InChI=1S/C14H22N2O2S/c1-6-18-12(17)9-8-7-13(2,3)16-14(4,5)10(8)19-11(9)15/h16H,6-7,15H2,1-5H3. The first-order valence-corrected chi connectivity index (χ1v) is 7.37. The lowest BCUT2D eigenvalue weighted by molar-refractivity contribution is 0.0526. The van der Waals surface area contributed by atoms with E-state index < -0.39 is 0 Å². The number of fused-ring (bicyclic) bond motifs is 1. The Balaban J connectivity index is 2.56. The van der Waals surface area contributed by atoms with Crippen LogP contribution in [0.2, 0.25) is 0 Å². The zero-order valence-electron chi connectivity index (χ0n) is 12.2. The number of rotatable bonds is 2. The second kappa shape index (κ2) is 4.49. The highest BCUT2D eigenvalue weighted by molar-refractivity contribution is 7.16. The Morgan fingerprint density at radius 1 is 1.42 bits per heavy atom. The third kappa shape index (κ3) is 2.49. The monoisotopic (exact) mass is 282 g/mol. The predicted molar refractivity (Wildman–Crippen MR) is 78.6 cm³/mol. The van der Waals surface area contributed by atoms with Crippen LogP contribution in [0, 0.1) is 0 Å². The Labute approximate surface area is 118 Å². The largest absolute Gasteiger partial charge is 0.462 e. The number of hydrogen-bond donors (Lipinski definition) is 2. The van der Waals surface area contributed by atoms with Crippen LogP contribution in [0.1, 0.15) is 55.4 Å². The number of thiophene rings is 1. The molecular weight excluding hydrogens is 260 g/mol. The molecule has 19 heavy (non-hydrogen) atoms. The normalized spacial score (nSPS) is 19.8. The number of anilines is 1. The number of nitrogen functional groups attached to an aromatic ring is 1. The highest BCUT2D eigenvalue weighted by Crippen LogP contribution is 2.44. The lowest BCUT2D eigenvalue weighted by atomic mass is 9.81. The smallest absolute Gasteiger partial charge is 0.341 e. The average Bonchev–Trinajstić information content (AvgIpc) is 2.53. The molecule has 0 amide bonds. The van der Waals surface area contributed by atoms with Gasteiger partial charge in [0.1, 0.15) is 5.00 Å². The van der Waals surface area contributed by atoms with E-state index in [1.54, 1.807) is 0 Å². The van der Waals surface area contributed by atoms with Crippen LogP contribution in [0.5, 0.6) is 0 Å². The third-order valence-corrected chi connectivity index (χ3v) is 4.74. The van der Waals surface area contributed by atoms with Crippen molar-refractivity contribution < 1.29 is 9.53 Å². The van der Waals surface area contributed by atoms with Gasteiger partial charge in [0.05, 0.1) is 12.2 Å². The first kappa shape index (κ1) is 14.3. The molecule has 2 rings (SSSR count). The van der Waals surface area contributed by atoms with Crippen molar-refractivity contribution in [3.05, 3.63) is 16.0 Å². The third-order valence-electron chi connectivity index (χ3n) is 3.35.